The smallest absolute Gasteiger partial charge is 0.266 e. The standard InChI is InChI=1S/C17H24N4O2/c1-11(2)14(19-16(23)17(3,4)10-18)9-21-15(22)8-7-13(20-21)12-5-6-12/h7-8,11-12,14H,5-6,9H2,1-4H3,(H,19,23)/t14-/m0/s1. The number of rotatable bonds is 6. The van der Waals surface area contributed by atoms with E-state index in [1.165, 1.54) is 4.68 Å². The van der Waals surface area contributed by atoms with Gasteiger partial charge in [0.25, 0.3) is 5.56 Å². The molecule has 1 aromatic heterocycles. The molecule has 1 N–H and O–H groups in total. The molecule has 6 heteroatoms. The Morgan fingerprint density at radius 2 is 2.13 bits per heavy atom. The van der Waals surface area contributed by atoms with E-state index in [-0.39, 0.29) is 23.4 Å². The van der Waals surface area contributed by atoms with E-state index >= 15 is 0 Å². The Morgan fingerprint density at radius 1 is 1.48 bits per heavy atom. The average Bonchev–Trinajstić information content (AvgIpc) is 3.32. The molecule has 1 saturated carbocycles. The average molecular weight is 316 g/mol. The highest BCUT2D eigenvalue weighted by molar-refractivity contribution is 5.84. The first-order valence-corrected chi connectivity index (χ1v) is 8.05. The molecule has 0 unspecified atom stereocenters. The van der Waals surface area contributed by atoms with Crippen molar-refractivity contribution in [3.8, 4) is 6.07 Å². The minimum Gasteiger partial charge on any atom is -0.350 e. The van der Waals surface area contributed by atoms with Crippen LogP contribution in [-0.4, -0.2) is 21.7 Å². The Hall–Kier alpha value is -2.16. The molecule has 0 radical (unpaired) electrons. The van der Waals surface area contributed by atoms with Gasteiger partial charge in [0.2, 0.25) is 5.91 Å². The van der Waals surface area contributed by atoms with E-state index in [1.807, 2.05) is 19.9 Å². The maximum absolute atomic E-state index is 12.2. The number of nitriles is 1. The van der Waals surface area contributed by atoms with Gasteiger partial charge in [0.05, 0.1) is 24.3 Å². The summed E-state index contributed by atoms with van der Waals surface area (Å²) in [5.41, 5.74) is -0.328. The van der Waals surface area contributed by atoms with E-state index in [2.05, 4.69) is 10.4 Å². The van der Waals surface area contributed by atoms with E-state index in [4.69, 9.17) is 5.26 Å². The molecular weight excluding hydrogens is 292 g/mol. The fourth-order valence-corrected chi connectivity index (χ4v) is 2.20. The molecule has 6 nitrogen and oxygen atoms in total. The van der Waals surface area contributed by atoms with E-state index < -0.39 is 5.41 Å². The van der Waals surface area contributed by atoms with Crippen LogP contribution in [0.4, 0.5) is 0 Å². The summed E-state index contributed by atoms with van der Waals surface area (Å²) >= 11 is 0. The topological polar surface area (TPSA) is 87.8 Å². The van der Waals surface area contributed by atoms with E-state index in [0.717, 1.165) is 18.5 Å². The Labute approximate surface area is 136 Å². The number of nitrogens with one attached hydrogen (secondary N) is 1. The summed E-state index contributed by atoms with van der Waals surface area (Å²) in [6.07, 6.45) is 2.23. The number of carbonyl (C=O) groups excluding carboxylic acids is 1. The van der Waals surface area contributed by atoms with Crippen LogP contribution in [0.25, 0.3) is 0 Å². The molecule has 1 atom stereocenters. The molecule has 0 bridgehead atoms. The number of hydrogen-bond donors (Lipinski definition) is 1. The zero-order valence-electron chi connectivity index (χ0n) is 14.2. The van der Waals surface area contributed by atoms with Crippen LogP contribution in [0.5, 0.6) is 0 Å². The lowest BCUT2D eigenvalue weighted by Crippen LogP contribution is -2.48. The second-order valence-electron chi connectivity index (χ2n) is 7.11. The van der Waals surface area contributed by atoms with Crippen molar-refractivity contribution in [3.05, 3.63) is 28.2 Å². The van der Waals surface area contributed by atoms with Gasteiger partial charge in [-0.05, 0) is 38.7 Å². The normalized spacial score (nSPS) is 16.0. The molecule has 0 aromatic carbocycles. The summed E-state index contributed by atoms with van der Waals surface area (Å²) in [5, 5.41) is 16.4. The fraction of sp³-hybridized carbons (Fsp3) is 0.647. The van der Waals surface area contributed by atoms with Gasteiger partial charge in [-0.1, -0.05) is 13.8 Å². The summed E-state index contributed by atoms with van der Waals surface area (Å²) in [7, 11) is 0. The molecule has 1 fully saturated rings. The van der Waals surface area contributed by atoms with Crippen molar-refractivity contribution < 1.29 is 4.79 Å². The van der Waals surface area contributed by atoms with Crippen LogP contribution in [0.15, 0.2) is 16.9 Å². The Bertz CT molecular complexity index is 681. The van der Waals surface area contributed by atoms with E-state index in [0.29, 0.717) is 12.5 Å². The van der Waals surface area contributed by atoms with Crippen LogP contribution in [0, 0.1) is 22.7 Å². The van der Waals surface area contributed by atoms with Crippen molar-refractivity contribution >= 4 is 5.91 Å². The van der Waals surface area contributed by atoms with Crippen molar-refractivity contribution in [2.75, 3.05) is 0 Å². The lowest BCUT2D eigenvalue weighted by Gasteiger charge is -2.26. The first kappa shape index (κ1) is 17.2. The largest absolute Gasteiger partial charge is 0.350 e. The quantitative estimate of drug-likeness (QED) is 0.867. The second kappa shape index (κ2) is 6.53. The number of aromatic nitrogens is 2. The lowest BCUT2D eigenvalue weighted by atomic mass is 9.93. The molecule has 0 spiro atoms. The fourth-order valence-electron chi connectivity index (χ4n) is 2.20. The first-order valence-electron chi connectivity index (χ1n) is 8.05. The van der Waals surface area contributed by atoms with Crippen LogP contribution in [0.3, 0.4) is 0 Å². The predicted octanol–water partition coefficient (Wildman–Crippen LogP) is 1.81. The van der Waals surface area contributed by atoms with Crippen LogP contribution in [0.1, 0.15) is 52.1 Å². The molecule has 0 aliphatic heterocycles. The highest BCUT2D eigenvalue weighted by atomic mass is 16.2. The maximum Gasteiger partial charge on any atom is 0.266 e. The van der Waals surface area contributed by atoms with Crippen molar-refractivity contribution in [1.82, 2.24) is 15.1 Å². The van der Waals surface area contributed by atoms with Crippen molar-refractivity contribution in [2.45, 2.75) is 59.0 Å². The molecular formula is C17H24N4O2. The SMILES string of the molecule is CC(C)[C@H](Cn1nc(C2CC2)ccc1=O)NC(=O)C(C)(C)C#N. The van der Waals surface area contributed by atoms with Crippen LogP contribution < -0.4 is 10.9 Å². The van der Waals surface area contributed by atoms with E-state index in [9.17, 15) is 9.59 Å². The van der Waals surface area contributed by atoms with Crippen LogP contribution >= 0.6 is 0 Å². The molecule has 1 heterocycles. The molecule has 0 saturated heterocycles. The number of hydrogen-bond acceptors (Lipinski definition) is 4. The third-order valence-electron chi connectivity index (χ3n) is 4.22. The van der Waals surface area contributed by atoms with Gasteiger partial charge in [-0.25, -0.2) is 4.68 Å². The summed E-state index contributed by atoms with van der Waals surface area (Å²) in [6, 6.07) is 5.07. The van der Waals surface area contributed by atoms with Gasteiger partial charge < -0.3 is 5.32 Å². The van der Waals surface area contributed by atoms with Crippen LogP contribution in [-0.2, 0) is 11.3 Å². The number of nitrogens with zero attached hydrogens (tertiary/aromatic N) is 3. The Morgan fingerprint density at radius 3 is 2.65 bits per heavy atom. The molecule has 1 amide bonds. The molecule has 1 aliphatic rings. The van der Waals surface area contributed by atoms with Gasteiger partial charge >= 0.3 is 0 Å². The lowest BCUT2D eigenvalue weighted by molar-refractivity contribution is -0.128. The maximum atomic E-state index is 12.2. The van der Waals surface area contributed by atoms with Crippen molar-refractivity contribution in [3.63, 3.8) is 0 Å². The van der Waals surface area contributed by atoms with Gasteiger partial charge in [-0.2, -0.15) is 10.4 Å². The highest BCUT2D eigenvalue weighted by Gasteiger charge is 2.31. The summed E-state index contributed by atoms with van der Waals surface area (Å²) in [4.78, 5) is 24.3. The molecule has 1 aromatic rings. The Balaban J connectivity index is 2.17. The molecule has 2 rings (SSSR count). The zero-order chi connectivity index (χ0) is 17.2. The van der Waals surface area contributed by atoms with Gasteiger partial charge in [-0.3, -0.25) is 9.59 Å². The number of carbonyl (C=O) groups is 1. The monoisotopic (exact) mass is 316 g/mol. The minimum absolute atomic E-state index is 0.117. The van der Waals surface area contributed by atoms with Crippen molar-refractivity contribution in [1.29, 1.82) is 5.26 Å². The van der Waals surface area contributed by atoms with Gasteiger partial charge in [0.1, 0.15) is 5.41 Å². The van der Waals surface area contributed by atoms with Gasteiger partial charge in [0.15, 0.2) is 0 Å². The summed E-state index contributed by atoms with van der Waals surface area (Å²) < 4.78 is 1.43. The minimum atomic E-state index is -1.10. The number of amides is 1. The van der Waals surface area contributed by atoms with E-state index in [1.54, 1.807) is 26.0 Å². The van der Waals surface area contributed by atoms with Gasteiger partial charge in [0, 0.05) is 12.0 Å². The van der Waals surface area contributed by atoms with Crippen molar-refractivity contribution in [2.24, 2.45) is 11.3 Å². The van der Waals surface area contributed by atoms with Crippen LogP contribution in [0.2, 0.25) is 0 Å². The summed E-state index contributed by atoms with van der Waals surface area (Å²) in [6.45, 7) is 7.42. The molecule has 124 valence electrons. The molecule has 1 aliphatic carbocycles. The second-order valence-corrected chi connectivity index (χ2v) is 7.11. The third kappa shape index (κ3) is 4.19. The van der Waals surface area contributed by atoms with Gasteiger partial charge in [-0.15, -0.1) is 0 Å². The molecule has 23 heavy (non-hydrogen) atoms. The summed E-state index contributed by atoms with van der Waals surface area (Å²) in [5.74, 6) is 0.253. The zero-order valence-corrected chi connectivity index (χ0v) is 14.2. The third-order valence-corrected chi connectivity index (χ3v) is 4.22. The highest BCUT2D eigenvalue weighted by Crippen LogP contribution is 2.38. The first-order chi connectivity index (χ1) is 10.7. The Kier molecular flexibility index (Phi) is 4.88. The predicted molar refractivity (Wildman–Crippen MR) is 86.6 cm³/mol.